The summed E-state index contributed by atoms with van der Waals surface area (Å²) in [6.45, 7) is 6.56. The van der Waals surface area contributed by atoms with Gasteiger partial charge in [-0.1, -0.05) is 22.9 Å². The molecule has 0 bridgehead atoms. The minimum Gasteiger partial charge on any atom is -0.265 e. The second kappa shape index (κ2) is 6.27. The summed E-state index contributed by atoms with van der Waals surface area (Å²) in [6.07, 6.45) is 0.862. The molecule has 1 heterocycles. The Morgan fingerprint density at radius 3 is 2.65 bits per heavy atom. The first-order valence-corrected chi connectivity index (χ1v) is 7.78. The van der Waals surface area contributed by atoms with Crippen LogP contribution < -0.4 is 0 Å². The van der Waals surface area contributed by atoms with Crippen LogP contribution >= 0.6 is 27.5 Å². The Balaban J connectivity index is 2.35. The SMILES string of the molecule is CCC(Cl)c1c(C)nn(Cc2cc(F)cc(Br)c2)c1C. The fraction of sp³-hybridized carbons (Fsp3) is 0.400. The Morgan fingerprint density at radius 2 is 2.05 bits per heavy atom. The van der Waals surface area contributed by atoms with Crippen molar-refractivity contribution in [3.63, 3.8) is 0 Å². The van der Waals surface area contributed by atoms with E-state index in [9.17, 15) is 4.39 Å². The fourth-order valence-electron chi connectivity index (χ4n) is 2.40. The zero-order chi connectivity index (χ0) is 14.9. The standard InChI is InChI=1S/C15H17BrClFN2/c1-4-14(17)15-9(2)19-20(10(15)3)8-11-5-12(16)7-13(18)6-11/h5-7,14H,4,8H2,1-3H3. The Bertz CT molecular complexity index is 604. The molecule has 108 valence electrons. The van der Waals surface area contributed by atoms with Gasteiger partial charge in [0.15, 0.2) is 0 Å². The van der Waals surface area contributed by atoms with Gasteiger partial charge in [-0.05, 0) is 44.0 Å². The Hall–Kier alpha value is -0.870. The number of alkyl halides is 1. The number of halogens is 3. The van der Waals surface area contributed by atoms with Crippen molar-refractivity contribution < 1.29 is 4.39 Å². The lowest BCUT2D eigenvalue weighted by molar-refractivity contribution is 0.614. The monoisotopic (exact) mass is 358 g/mol. The molecule has 0 aliphatic rings. The lowest BCUT2D eigenvalue weighted by atomic mass is 10.1. The van der Waals surface area contributed by atoms with Gasteiger partial charge in [0.1, 0.15) is 5.82 Å². The zero-order valence-electron chi connectivity index (χ0n) is 11.8. The van der Waals surface area contributed by atoms with Crippen molar-refractivity contribution in [2.45, 2.75) is 39.1 Å². The van der Waals surface area contributed by atoms with Crippen molar-refractivity contribution in [3.8, 4) is 0 Å². The van der Waals surface area contributed by atoms with Crippen LogP contribution in [0.5, 0.6) is 0 Å². The van der Waals surface area contributed by atoms with E-state index in [-0.39, 0.29) is 11.2 Å². The molecule has 2 rings (SSSR count). The quantitative estimate of drug-likeness (QED) is 0.691. The van der Waals surface area contributed by atoms with E-state index in [2.05, 4.69) is 28.0 Å². The van der Waals surface area contributed by atoms with Crippen LogP contribution in [0.25, 0.3) is 0 Å². The van der Waals surface area contributed by atoms with Crippen molar-refractivity contribution in [3.05, 3.63) is 51.0 Å². The summed E-state index contributed by atoms with van der Waals surface area (Å²) < 4.78 is 16.0. The maximum absolute atomic E-state index is 13.4. The van der Waals surface area contributed by atoms with Gasteiger partial charge in [-0.3, -0.25) is 4.68 Å². The van der Waals surface area contributed by atoms with Gasteiger partial charge in [-0.15, -0.1) is 11.6 Å². The zero-order valence-corrected chi connectivity index (χ0v) is 14.1. The van der Waals surface area contributed by atoms with Gasteiger partial charge in [-0.25, -0.2) is 4.39 Å². The number of benzene rings is 1. The highest BCUT2D eigenvalue weighted by molar-refractivity contribution is 9.10. The molecule has 5 heteroatoms. The maximum atomic E-state index is 13.4. The summed E-state index contributed by atoms with van der Waals surface area (Å²) in [5.74, 6) is -0.250. The topological polar surface area (TPSA) is 17.8 Å². The van der Waals surface area contributed by atoms with Crippen LogP contribution in [0.1, 0.15) is 41.2 Å². The molecule has 0 N–H and O–H groups in total. The van der Waals surface area contributed by atoms with Gasteiger partial charge in [-0.2, -0.15) is 5.10 Å². The summed E-state index contributed by atoms with van der Waals surface area (Å²) in [5, 5.41) is 4.50. The highest BCUT2D eigenvalue weighted by Crippen LogP contribution is 2.30. The van der Waals surface area contributed by atoms with Crippen LogP contribution in [-0.2, 0) is 6.54 Å². The molecule has 0 saturated heterocycles. The van der Waals surface area contributed by atoms with Crippen LogP contribution in [0.3, 0.4) is 0 Å². The van der Waals surface area contributed by atoms with E-state index in [1.54, 1.807) is 0 Å². The van der Waals surface area contributed by atoms with Crippen molar-refractivity contribution in [1.82, 2.24) is 9.78 Å². The summed E-state index contributed by atoms with van der Waals surface area (Å²) in [5.41, 5.74) is 3.95. The van der Waals surface area contributed by atoms with E-state index < -0.39 is 0 Å². The Labute approximate surface area is 132 Å². The first-order chi connectivity index (χ1) is 9.42. The lowest BCUT2D eigenvalue weighted by Crippen LogP contribution is -2.05. The van der Waals surface area contributed by atoms with Gasteiger partial charge < -0.3 is 0 Å². The van der Waals surface area contributed by atoms with E-state index in [1.165, 1.54) is 12.1 Å². The molecule has 1 atom stereocenters. The molecule has 0 aliphatic carbocycles. The van der Waals surface area contributed by atoms with Crippen molar-refractivity contribution in [2.75, 3.05) is 0 Å². The first-order valence-electron chi connectivity index (χ1n) is 6.55. The average Bonchev–Trinajstić information content (AvgIpc) is 2.62. The second-order valence-electron chi connectivity index (χ2n) is 4.90. The Kier molecular flexibility index (Phi) is 4.86. The predicted molar refractivity (Wildman–Crippen MR) is 83.8 cm³/mol. The lowest BCUT2D eigenvalue weighted by Gasteiger charge is -2.09. The molecule has 0 spiro atoms. The van der Waals surface area contributed by atoms with Gasteiger partial charge in [0.05, 0.1) is 17.6 Å². The van der Waals surface area contributed by atoms with Gasteiger partial charge in [0.2, 0.25) is 0 Å². The predicted octanol–water partition coefficient (Wildman–Crippen LogP) is 5.14. The first kappa shape index (κ1) is 15.5. The Morgan fingerprint density at radius 1 is 1.35 bits per heavy atom. The molecule has 1 aromatic heterocycles. The molecular weight excluding hydrogens is 343 g/mol. The number of hydrogen-bond acceptors (Lipinski definition) is 1. The number of nitrogens with zero attached hydrogens (tertiary/aromatic N) is 2. The van der Waals surface area contributed by atoms with Crippen LogP contribution in [0.2, 0.25) is 0 Å². The molecule has 2 nitrogen and oxygen atoms in total. The largest absolute Gasteiger partial charge is 0.265 e. The molecule has 2 aromatic rings. The van der Waals surface area contributed by atoms with Crippen molar-refractivity contribution in [1.29, 1.82) is 0 Å². The summed E-state index contributed by atoms with van der Waals surface area (Å²) in [6, 6.07) is 4.87. The minimum atomic E-state index is -0.250. The van der Waals surface area contributed by atoms with E-state index >= 15 is 0 Å². The van der Waals surface area contributed by atoms with E-state index in [4.69, 9.17) is 11.6 Å². The number of aromatic nitrogens is 2. The molecule has 0 fully saturated rings. The van der Waals surface area contributed by atoms with Crippen LogP contribution in [-0.4, -0.2) is 9.78 Å². The molecule has 0 aliphatic heterocycles. The highest BCUT2D eigenvalue weighted by Gasteiger charge is 2.18. The third-order valence-corrected chi connectivity index (χ3v) is 4.35. The molecule has 1 unspecified atom stereocenters. The van der Waals surface area contributed by atoms with Gasteiger partial charge in [0, 0.05) is 15.7 Å². The van der Waals surface area contributed by atoms with Gasteiger partial charge in [0.25, 0.3) is 0 Å². The average molecular weight is 360 g/mol. The van der Waals surface area contributed by atoms with Crippen LogP contribution in [0, 0.1) is 19.7 Å². The maximum Gasteiger partial charge on any atom is 0.124 e. The normalized spacial score (nSPS) is 12.7. The summed E-state index contributed by atoms with van der Waals surface area (Å²) in [4.78, 5) is 0. The molecule has 20 heavy (non-hydrogen) atoms. The molecule has 0 radical (unpaired) electrons. The van der Waals surface area contributed by atoms with Crippen molar-refractivity contribution >= 4 is 27.5 Å². The molecule has 1 aromatic carbocycles. The summed E-state index contributed by atoms with van der Waals surface area (Å²) in [7, 11) is 0. The van der Waals surface area contributed by atoms with E-state index in [0.29, 0.717) is 6.54 Å². The van der Waals surface area contributed by atoms with E-state index in [1.807, 2.05) is 24.6 Å². The molecule has 0 amide bonds. The molecular formula is C15H17BrClFN2. The van der Waals surface area contributed by atoms with Gasteiger partial charge >= 0.3 is 0 Å². The smallest absolute Gasteiger partial charge is 0.124 e. The fourth-order valence-corrected chi connectivity index (χ4v) is 3.23. The molecule has 0 saturated carbocycles. The third-order valence-electron chi connectivity index (χ3n) is 3.36. The van der Waals surface area contributed by atoms with Crippen LogP contribution in [0.15, 0.2) is 22.7 Å². The second-order valence-corrected chi connectivity index (χ2v) is 6.34. The summed E-state index contributed by atoms with van der Waals surface area (Å²) >= 11 is 9.66. The minimum absolute atomic E-state index is 0.0250. The van der Waals surface area contributed by atoms with E-state index in [0.717, 1.165) is 33.4 Å². The van der Waals surface area contributed by atoms with Crippen molar-refractivity contribution in [2.24, 2.45) is 0 Å². The number of aryl methyl sites for hydroxylation is 1. The highest BCUT2D eigenvalue weighted by atomic mass is 79.9. The number of rotatable bonds is 4. The number of hydrogen-bond donors (Lipinski definition) is 0. The van der Waals surface area contributed by atoms with Crippen LogP contribution in [0.4, 0.5) is 4.39 Å². The third kappa shape index (κ3) is 3.23.